The van der Waals surface area contributed by atoms with Gasteiger partial charge in [0, 0.05) is 37.4 Å². The fraction of sp³-hybridized carbons (Fsp3) is 0.450. The van der Waals surface area contributed by atoms with Gasteiger partial charge < -0.3 is 10.3 Å². The number of pyridine rings is 1. The molecule has 0 aliphatic heterocycles. The van der Waals surface area contributed by atoms with Crippen LogP contribution >= 0.6 is 0 Å². The number of benzene rings is 3. The first-order chi connectivity index (χ1) is 20.8. The van der Waals surface area contributed by atoms with Crippen molar-refractivity contribution in [3.05, 3.63) is 94.6 Å². The van der Waals surface area contributed by atoms with Crippen LogP contribution in [0.15, 0.2) is 71.5 Å². The average Bonchev–Trinajstić information content (AvgIpc) is 3.00. The average molecular weight is 762 g/mol. The molecule has 2 fully saturated rings. The van der Waals surface area contributed by atoms with Gasteiger partial charge in [-0.1, -0.05) is 131 Å². The van der Waals surface area contributed by atoms with E-state index in [0.717, 1.165) is 11.3 Å². The number of hydrogen-bond donors (Lipinski definition) is 0. The van der Waals surface area contributed by atoms with Crippen LogP contribution in [0.25, 0.3) is 38.1 Å². The maximum absolute atomic E-state index is 4.87. The predicted molar refractivity (Wildman–Crippen MR) is 184 cm³/mol. The minimum atomic E-state index is -0.0860. The number of aryl methyl sites for hydroxylation is 1. The standard InChI is InChI=1S/C23H18N.C17H29N2.Ir/c1-14-10-11-16-13-24-22-17-8-4-6-15-7-5-9-19(20(15)17)23(2,3)21(22)18(16)12-14;1-14(18-16-9-5-3-6-10-16)13-15(2)19-17-11-7-4-8-12-17;/h4-7,9-13H,1-3H3;13,16-17H,3-12H2,1-2H3;/q2*-1;/b;14-13-,19-15?;. The number of hydrogen-bond acceptors (Lipinski definition) is 2. The van der Waals surface area contributed by atoms with Crippen molar-refractivity contribution in [2.75, 3.05) is 0 Å². The van der Waals surface area contributed by atoms with Gasteiger partial charge in [-0.25, -0.2) is 0 Å². The molecule has 0 saturated heterocycles. The Morgan fingerprint density at radius 2 is 1.66 bits per heavy atom. The minimum absolute atomic E-state index is 0. The molecule has 4 aromatic rings. The number of aliphatic imine (C=N–C) groups is 1. The summed E-state index contributed by atoms with van der Waals surface area (Å²) < 4.78 is 0. The van der Waals surface area contributed by atoms with Crippen LogP contribution in [0, 0.1) is 13.0 Å². The fourth-order valence-corrected chi connectivity index (χ4v) is 7.64. The van der Waals surface area contributed by atoms with Crippen LogP contribution in [0.1, 0.15) is 109 Å². The van der Waals surface area contributed by atoms with Crippen molar-refractivity contribution in [3.8, 4) is 11.3 Å². The van der Waals surface area contributed by atoms with Crippen molar-refractivity contribution in [1.29, 1.82) is 0 Å². The van der Waals surface area contributed by atoms with Gasteiger partial charge in [0.2, 0.25) is 0 Å². The second-order valence-corrected chi connectivity index (χ2v) is 13.6. The molecule has 233 valence electrons. The third-order valence-electron chi connectivity index (χ3n) is 9.76. The number of fused-ring (bicyclic) bond motifs is 4. The molecule has 3 aliphatic rings. The van der Waals surface area contributed by atoms with E-state index in [0.29, 0.717) is 12.1 Å². The molecule has 0 N–H and O–H groups in total. The normalized spacial score (nSPS) is 18.7. The minimum Gasteiger partial charge on any atom is -0.685 e. The molecule has 4 heteroatoms. The van der Waals surface area contributed by atoms with Gasteiger partial charge in [0.15, 0.2) is 0 Å². The van der Waals surface area contributed by atoms with Gasteiger partial charge in [-0.3, -0.25) is 4.99 Å². The largest absolute Gasteiger partial charge is 0.685 e. The Bertz CT molecular complexity index is 1660. The zero-order valence-electron chi connectivity index (χ0n) is 27.2. The number of rotatable bonds is 4. The molecule has 2 saturated carbocycles. The Hall–Kier alpha value is -2.81. The van der Waals surface area contributed by atoms with Gasteiger partial charge >= 0.3 is 0 Å². The molecule has 7 rings (SSSR count). The molecule has 0 atom stereocenters. The van der Waals surface area contributed by atoms with Gasteiger partial charge in [-0.05, 0) is 48.7 Å². The molecule has 1 heterocycles. The molecule has 44 heavy (non-hydrogen) atoms. The van der Waals surface area contributed by atoms with Gasteiger partial charge in [0.05, 0.1) is 6.04 Å². The van der Waals surface area contributed by atoms with Crippen molar-refractivity contribution in [2.24, 2.45) is 4.99 Å². The Morgan fingerprint density at radius 1 is 0.932 bits per heavy atom. The van der Waals surface area contributed by atoms with E-state index in [9.17, 15) is 0 Å². The quantitative estimate of drug-likeness (QED) is 0.151. The molecule has 0 unspecified atom stereocenters. The SMILES string of the molecule is CC(/C=C(/C)[N-]C1CCCCC1)=NC1CCCCC1.Cc1ccc2cnc3c(c2c1)C(C)(C)c1cccc2cc[c-]c-3c12.[Ir]. The van der Waals surface area contributed by atoms with Gasteiger partial charge in [-0.2, -0.15) is 5.70 Å². The molecule has 3 nitrogen and oxygen atoms in total. The van der Waals surface area contributed by atoms with Crippen molar-refractivity contribution in [3.63, 3.8) is 0 Å². The van der Waals surface area contributed by atoms with E-state index in [2.05, 4.69) is 89.2 Å². The van der Waals surface area contributed by atoms with E-state index in [1.165, 1.54) is 114 Å². The zero-order valence-corrected chi connectivity index (χ0v) is 29.6. The number of aromatic nitrogens is 1. The van der Waals surface area contributed by atoms with Crippen LogP contribution in [0.3, 0.4) is 0 Å². The topological polar surface area (TPSA) is 39.4 Å². The summed E-state index contributed by atoms with van der Waals surface area (Å²) in [7, 11) is 0. The monoisotopic (exact) mass is 762 g/mol. The van der Waals surface area contributed by atoms with E-state index in [4.69, 9.17) is 15.3 Å². The van der Waals surface area contributed by atoms with Crippen LogP contribution in [-0.4, -0.2) is 22.8 Å². The van der Waals surface area contributed by atoms with Gasteiger partial charge in [0.1, 0.15) is 0 Å². The maximum Gasteiger partial charge on any atom is 0.0502 e. The molecule has 3 aliphatic carbocycles. The summed E-state index contributed by atoms with van der Waals surface area (Å²) in [6.45, 7) is 11.1. The Labute approximate surface area is 278 Å². The van der Waals surface area contributed by atoms with Crippen molar-refractivity contribution in [1.82, 2.24) is 4.98 Å². The maximum atomic E-state index is 4.87. The van der Waals surface area contributed by atoms with Gasteiger partial charge in [0.25, 0.3) is 0 Å². The molecule has 1 radical (unpaired) electrons. The molecule has 0 spiro atoms. The van der Waals surface area contributed by atoms with Crippen molar-refractivity contribution < 1.29 is 20.1 Å². The summed E-state index contributed by atoms with van der Waals surface area (Å²) in [4.78, 5) is 9.71. The molecular formula is C40H47IrN3-2. The molecule has 0 bridgehead atoms. The van der Waals surface area contributed by atoms with Crippen LogP contribution in [0.4, 0.5) is 0 Å². The summed E-state index contributed by atoms with van der Waals surface area (Å²) in [5.41, 5.74) is 8.46. The predicted octanol–water partition coefficient (Wildman–Crippen LogP) is 11.2. The second kappa shape index (κ2) is 14.1. The first-order valence-corrected chi connectivity index (χ1v) is 16.6. The number of nitrogens with zero attached hydrogens (tertiary/aromatic N) is 3. The zero-order chi connectivity index (χ0) is 30.0. The van der Waals surface area contributed by atoms with Crippen LogP contribution in [-0.2, 0) is 25.5 Å². The third kappa shape index (κ3) is 6.87. The van der Waals surface area contributed by atoms with E-state index in [1.807, 2.05) is 12.3 Å². The van der Waals surface area contributed by atoms with E-state index >= 15 is 0 Å². The third-order valence-corrected chi connectivity index (χ3v) is 9.76. The molecule has 0 amide bonds. The first-order valence-electron chi connectivity index (χ1n) is 16.6. The summed E-state index contributed by atoms with van der Waals surface area (Å²) >= 11 is 0. The molecular weight excluding hydrogens is 715 g/mol. The second-order valence-electron chi connectivity index (χ2n) is 13.6. The summed E-state index contributed by atoms with van der Waals surface area (Å²) in [6.07, 6.45) is 17.5. The Morgan fingerprint density at radius 3 is 2.41 bits per heavy atom. The van der Waals surface area contributed by atoms with E-state index in [-0.39, 0.29) is 25.5 Å². The van der Waals surface area contributed by atoms with E-state index in [1.54, 1.807) is 0 Å². The number of allylic oxidation sites excluding steroid dienone is 2. The van der Waals surface area contributed by atoms with Crippen LogP contribution < -0.4 is 0 Å². The smallest absolute Gasteiger partial charge is 0.0502 e. The summed E-state index contributed by atoms with van der Waals surface area (Å²) in [5, 5.41) is 9.94. The Kier molecular flexibility index (Phi) is 10.4. The van der Waals surface area contributed by atoms with Crippen LogP contribution in [0.5, 0.6) is 0 Å². The van der Waals surface area contributed by atoms with Gasteiger partial charge in [-0.15, -0.1) is 35.2 Å². The first kappa shape index (κ1) is 32.6. The van der Waals surface area contributed by atoms with Crippen molar-refractivity contribution >= 4 is 27.3 Å². The Balaban J connectivity index is 0.000000176. The summed E-state index contributed by atoms with van der Waals surface area (Å²) in [5.74, 6) is 0. The fourth-order valence-electron chi connectivity index (χ4n) is 7.64. The van der Waals surface area contributed by atoms with E-state index < -0.39 is 0 Å². The molecule has 3 aromatic carbocycles. The summed E-state index contributed by atoms with van der Waals surface area (Å²) in [6, 6.07) is 22.0. The van der Waals surface area contributed by atoms with Crippen molar-refractivity contribution in [2.45, 2.75) is 116 Å². The molecule has 1 aromatic heterocycles. The van der Waals surface area contributed by atoms with Crippen LogP contribution in [0.2, 0.25) is 0 Å².